The van der Waals surface area contributed by atoms with Gasteiger partial charge in [-0.25, -0.2) is 14.8 Å². The second kappa shape index (κ2) is 7.75. The molecule has 0 fully saturated rings. The Morgan fingerprint density at radius 2 is 1.93 bits per heavy atom. The van der Waals surface area contributed by atoms with Crippen LogP contribution in [0.2, 0.25) is 0 Å². The average molecular weight is 378 g/mol. The number of aryl methyl sites for hydroxylation is 3. The molecular formula is C20H22N6O2. The van der Waals surface area contributed by atoms with Crippen molar-refractivity contribution in [2.75, 3.05) is 11.9 Å². The van der Waals surface area contributed by atoms with E-state index >= 15 is 0 Å². The molecule has 3 aromatic rings. The first-order chi connectivity index (χ1) is 13.6. The molecule has 144 valence electrons. The topological polar surface area (TPSA) is 106 Å². The lowest BCUT2D eigenvalue weighted by Gasteiger charge is -2.09. The lowest BCUT2D eigenvalue weighted by atomic mass is 10.2. The number of urea groups is 1. The van der Waals surface area contributed by atoms with Gasteiger partial charge in [-0.2, -0.15) is 0 Å². The van der Waals surface area contributed by atoms with Gasteiger partial charge in [0, 0.05) is 42.5 Å². The van der Waals surface area contributed by atoms with Crippen molar-refractivity contribution >= 4 is 11.7 Å². The average Bonchev–Trinajstić information content (AvgIpc) is 3.31. The second-order valence-electron chi connectivity index (χ2n) is 6.84. The van der Waals surface area contributed by atoms with Crippen LogP contribution in [0.25, 0.3) is 11.5 Å². The van der Waals surface area contributed by atoms with Crippen LogP contribution < -0.4 is 10.6 Å². The number of hydrogen-bond donors (Lipinski definition) is 2. The van der Waals surface area contributed by atoms with Crippen LogP contribution in [0, 0.1) is 13.8 Å². The molecule has 2 heterocycles. The number of aromatic nitrogens is 4. The molecule has 1 aliphatic rings. The van der Waals surface area contributed by atoms with Crippen molar-refractivity contribution in [3.63, 3.8) is 0 Å². The molecule has 0 aliphatic heterocycles. The molecule has 2 N–H and O–H groups in total. The van der Waals surface area contributed by atoms with E-state index in [2.05, 4.69) is 30.8 Å². The first-order valence-corrected chi connectivity index (χ1v) is 9.39. The van der Waals surface area contributed by atoms with Gasteiger partial charge < -0.3 is 15.1 Å². The van der Waals surface area contributed by atoms with Gasteiger partial charge in [-0.1, -0.05) is 0 Å². The van der Waals surface area contributed by atoms with E-state index in [-0.39, 0.29) is 6.03 Å². The fourth-order valence-electron chi connectivity index (χ4n) is 3.37. The molecule has 0 radical (unpaired) electrons. The van der Waals surface area contributed by atoms with Crippen LogP contribution >= 0.6 is 0 Å². The van der Waals surface area contributed by atoms with E-state index in [1.807, 2.05) is 19.1 Å². The SMILES string of the molecule is Cc1nnc(-c2ccc(NC(=O)NCCc3nc(C)c4c(n3)CCC4)cc2)o1. The molecule has 0 saturated carbocycles. The maximum absolute atomic E-state index is 12.1. The Balaban J connectivity index is 1.28. The Morgan fingerprint density at radius 1 is 1.11 bits per heavy atom. The summed E-state index contributed by atoms with van der Waals surface area (Å²) in [5.74, 6) is 1.76. The number of hydrogen-bond acceptors (Lipinski definition) is 6. The fourth-order valence-corrected chi connectivity index (χ4v) is 3.37. The normalized spacial score (nSPS) is 12.6. The number of fused-ring (bicyclic) bond motifs is 1. The number of benzene rings is 1. The highest BCUT2D eigenvalue weighted by Crippen LogP contribution is 2.22. The molecule has 0 unspecified atom stereocenters. The number of nitrogens with zero attached hydrogens (tertiary/aromatic N) is 4. The molecule has 0 spiro atoms. The van der Waals surface area contributed by atoms with Gasteiger partial charge in [-0.05, 0) is 56.0 Å². The van der Waals surface area contributed by atoms with E-state index in [1.54, 1.807) is 19.1 Å². The standard InChI is InChI=1S/C20H22N6O2/c1-12-16-4-3-5-17(16)24-18(22-12)10-11-21-20(27)23-15-8-6-14(7-9-15)19-26-25-13(2)28-19/h6-9H,3-5,10-11H2,1-2H3,(H2,21,23,27). The van der Waals surface area contributed by atoms with Gasteiger partial charge in [-0.3, -0.25) is 0 Å². The first kappa shape index (κ1) is 18.1. The van der Waals surface area contributed by atoms with Gasteiger partial charge >= 0.3 is 6.03 Å². The first-order valence-electron chi connectivity index (χ1n) is 9.39. The lowest BCUT2D eigenvalue weighted by molar-refractivity contribution is 0.252. The van der Waals surface area contributed by atoms with Crippen LogP contribution in [0.4, 0.5) is 10.5 Å². The number of carbonyl (C=O) groups excluding carboxylic acids is 1. The molecule has 1 aliphatic carbocycles. The number of amides is 2. The van der Waals surface area contributed by atoms with Crippen molar-refractivity contribution in [2.24, 2.45) is 0 Å². The summed E-state index contributed by atoms with van der Waals surface area (Å²) >= 11 is 0. The van der Waals surface area contributed by atoms with Gasteiger partial charge in [-0.15, -0.1) is 10.2 Å². The van der Waals surface area contributed by atoms with Crippen molar-refractivity contribution in [3.8, 4) is 11.5 Å². The maximum Gasteiger partial charge on any atom is 0.319 e. The monoisotopic (exact) mass is 378 g/mol. The van der Waals surface area contributed by atoms with Gasteiger partial charge in [0.05, 0.1) is 0 Å². The molecule has 8 heteroatoms. The molecule has 2 amide bonds. The van der Waals surface area contributed by atoms with E-state index in [9.17, 15) is 4.79 Å². The number of carbonyl (C=O) groups is 1. The zero-order valence-corrected chi connectivity index (χ0v) is 16.0. The van der Waals surface area contributed by atoms with Gasteiger partial charge in [0.15, 0.2) is 0 Å². The zero-order chi connectivity index (χ0) is 19.5. The van der Waals surface area contributed by atoms with Crippen LogP contribution in [-0.4, -0.2) is 32.7 Å². The fraction of sp³-hybridized carbons (Fsp3) is 0.350. The summed E-state index contributed by atoms with van der Waals surface area (Å²) in [4.78, 5) is 21.3. The van der Waals surface area contributed by atoms with Crippen molar-refractivity contribution in [3.05, 3.63) is 52.9 Å². The molecule has 2 aromatic heterocycles. The Hall–Kier alpha value is -3.29. The molecule has 0 bridgehead atoms. The maximum atomic E-state index is 12.1. The quantitative estimate of drug-likeness (QED) is 0.707. The van der Waals surface area contributed by atoms with Crippen LogP contribution in [0.5, 0.6) is 0 Å². The number of nitrogens with one attached hydrogen (secondary N) is 2. The summed E-state index contributed by atoms with van der Waals surface area (Å²) in [5.41, 5.74) is 5.02. The van der Waals surface area contributed by atoms with Crippen LogP contribution in [0.3, 0.4) is 0 Å². The van der Waals surface area contributed by atoms with Crippen LogP contribution in [0.1, 0.15) is 35.1 Å². The predicted octanol–water partition coefficient (Wildman–Crippen LogP) is 3.00. The number of anilines is 1. The van der Waals surface area contributed by atoms with Crippen molar-refractivity contribution in [2.45, 2.75) is 39.5 Å². The molecule has 0 atom stereocenters. The summed E-state index contributed by atoms with van der Waals surface area (Å²) < 4.78 is 5.39. The van der Waals surface area contributed by atoms with Gasteiger partial charge in [0.25, 0.3) is 0 Å². The van der Waals surface area contributed by atoms with Crippen LogP contribution in [-0.2, 0) is 19.3 Å². The smallest absolute Gasteiger partial charge is 0.319 e. The summed E-state index contributed by atoms with van der Waals surface area (Å²) in [6, 6.07) is 6.97. The van der Waals surface area contributed by atoms with Crippen molar-refractivity contribution in [1.82, 2.24) is 25.5 Å². The molecule has 0 saturated heterocycles. The minimum Gasteiger partial charge on any atom is -0.421 e. The highest BCUT2D eigenvalue weighted by Gasteiger charge is 2.16. The van der Waals surface area contributed by atoms with Crippen LogP contribution in [0.15, 0.2) is 28.7 Å². The van der Waals surface area contributed by atoms with E-state index in [4.69, 9.17) is 4.42 Å². The lowest BCUT2D eigenvalue weighted by Crippen LogP contribution is -2.30. The third-order valence-electron chi connectivity index (χ3n) is 4.74. The molecular weight excluding hydrogens is 356 g/mol. The van der Waals surface area contributed by atoms with Crippen molar-refractivity contribution < 1.29 is 9.21 Å². The molecule has 8 nitrogen and oxygen atoms in total. The summed E-state index contributed by atoms with van der Waals surface area (Å²) in [6.07, 6.45) is 3.86. The summed E-state index contributed by atoms with van der Waals surface area (Å²) in [7, 11) is 0. The van der Waals surface area contributed by atoms with Crippen molar-refractivity contribution in [1.29, 1.82) is 0 Å². The Kier molecular flexibility index (Phi) is 5.01. The minimum atomic E-state index is -0.265. The zero-order valence-electron chi connectivity index (χ0n) is 16.0. The Bertz CT molecular complexity index is 996. The highest BCUT2D eigenvalue weighted by atomic mass is 16.4. The Labute approximate surface area is 162 Å². The number of rotatable bonds is 5. The summed E-state index contributed by atoms with van der Waals surface area (Å²) in [6.45, 7) is 4.25. The Morgan fingerprint density at radius 3 is 2.68 bits per heavy atom. The van der Waals surface area contributed by atoms with E-state index < -0.39 is 0 Å². The predicted molar refractivity (Wildman–Crippen MR) is 104 cm³/mol. The van der Waals surface area contributed by atoms with E-state index in [1.165, 1.54) is 11.3 Å². The molecule has 28 heavy (non-hydrogen) atoms. The summed E-state index contributed by atoms with van der Waals surface area (Å²) in [5, 5.41) is 13.4. The van der Waals surface area contributed by atoms with Gasteiger partial charge in [0.1, 0.15) is 5.82 Å². The third kappa shape index (κ3) is 4.00. The largest absolute Gasteiger partial charge is 0.421 e. The van der Waals surface area contributed by atoms with Gasteiger partial charge in [0.2, 0.25) is 11.8 Å². The third-order valence-corrected chi connectivity index (χ3v) is 4.74. The van der Waals surface area contributed by atoms with E-state index in [0.29, 0.717) is 30.4 Å². The molecule has 4 rings (SSSR count). The second-order valence-corrected chi connectivity index (χ2v) is 6.84. The minimum absolute atomic E-state index is 0.265. The molecule has 1 aromatic carbocycles. The highest BCUT2D eigenvalue weighted by molar-refractivity contribution is 5.89. The van der Waals surface area contributed by atoms with E-state index in [0.717, 1.165) is 36.3 Å².